The molecule has 0 fully saturated rings. The van der Waals surface area contributed by atoms with Gasteiger partial charge in [-0.05, 0) is 55.3 Å². The molecule has 1 aromatic heterocycles. The molecule has 0 aliphatic rings. The normalized spacial score (nSPS) is 11.1. The Morgan fingerprint density at radius 1 is 1.47 bits per heavy atom. The van der Waals surface area contributed by atoms with Crippen LogP contribution in [0.5, 0.6) is 0 Å². The van der Waals surface area contributed by atoms with Gasteiger partial charge in [0.15, 0.2) is 0 Å². The lowest BCUT2D eigenvalue weighted by atomic mass is 10.1. The molecule has 0 spiro atoms. The van der Waals surface area contributed by atoms with Crippen molar-refractivity contribution < 1.29 is 4.79 Å². The third-order valence-electron chi connectivity index (χ3n) is 2.01. The average molecular weight is 300 g/mol. The second kappa shape index (κ2) is 5.49. The Bertz CT molecular complexity index is 413. The van der Waals surface area contributed by atoms with E-state index < -0.39 is 0 Å². The zero-order valence-corrected chi connectivity index (χ0v) is 12.2. The van der Waals surface area contributed by atoms with Crippen LogP contribution in [0.3, 0.4) is 0 Å². The zero-order valence-electron chi connectivity index (χ0n) is 10.6. The van der Waals surface area contributed by atoms with E-state index in [9.17, 15) is 4.79 Å². The van der Waals surface area contributed by atoms with Crippen molar-refractivity contribution in [2.75, 3.05) is 11.9 Å². The van der Waals surface area contributed by atoms with E-state index in [4.69, 9.17) is 0 Å². The highest BCUT2D eigenvalue weighted by atomic mass is 79.9. The van der Waals surface area contributed by atoms with Gasteiger partial charge in [0, 0.05) is 11.7 Å². The number of aromatic nitrogens is 1. The summed E-state index contributed by atoms with van der Waals surface area (Å²) in [5.41, 5.74) is 0.870. The molecule has 0 aliphatic carbocycles. The second-order valence-electron chi connectivity index (χ2n) is 4.94. The summed E-state index contributed by atoms with van der Waals surface area (Å²) in [5, 5.41) is 5.89. The van der Waals surface area contributed by atoms with E-state index in [1.807, 2.05) is 33.8 Å². The summed E-state index contributed by atoms with van der Waals surface area (Å²) in [5.74, 6) is 0.641. The van der Waals surface area contributed by atoms with Crippen molar-refractivity contribution in [2.45, 2.75) is 33.2 Å². The highest BCUT2D eigenvalue weighted by Gasteiger charge is 2.13. The molecule has 1 aromatic rings. The highest BCUT2D eigenvalue weighted by Crippen LogP contribution is 2.22. The molecule has 0 saturated carbocycles. The summed E-state index contributed by atoms with van der Waals surface area (Å²) in [4.78, 5) is 15.8. The molecule has 94 valence electrons. The fourth-order valence-corrected chi connectivity index (χ4v) is 1.66. The molecule has 1 heterocycles. The lowest BCUT2D eigenvalue weighted by Crippen LogP contribution is -2.43. The van der Waals surface area contributed by atoms with Crippen LogP contribution >= 0.6 is 15.9 Å². The Kier molecular flexibility index (Phi) is 4.51. The fraction of sp³-hybridized carbons (Fsp3) is 0.500. The van der Waals surface area contributed by atoms with Crippen molar-refractivity contribution in [3.05, 3.63) is 22.3 Å². The predicted molar refractivity (Wildman–Crippen MR) is 73.1 cm³/mol. The molecule has 2 N–H and O–H groups in total. The van der Waals surface area contributed by atoms with Crippen LogP contribution in [-0.2, 0) is 4.79 Å². The molecule has 0 radical (unpaired) electrons. The third-order valence-corrected chi connectivity index (χ3v) is 3.01. The maximum absolute atomic E-state index is 11.6. The minimum absolute atomic E-state index is 0.0484. The number of amides is 1. The summed E-state index contributed by atoms with van der Waals surface area (Å²) >= 11 is 3.43. The van der Waals surface area contributed by atoms with Gasteiger partial charge in [-0.3, -0.25) is 4.79 Å². The number of pyridine rings is 1. The number of hydrogen-bond acceptors (Lipinski definition) is 3. The summed E-state index contributed by atoms with van der Waals surface area (Å²) in [6.07, 6.45) is 1.71. The van der Waals surface area contributed by atoms with Gasteiger partial charge in [0.2, 0.25) is 5.91 Å². The van der Waals surface area contributed by atoms with Crippen LogP contribution in [-0.4, -0.2) is 23.0 Å². The Hall–Kier alpha value is -1.10. The lowest BCUT2D eigenvalue weighted by Gasteiger charge is -2.20. The van der Waals surface area contributed by atoms with Crippen LogP contribution in [0.25, 0.3) is 0 Å². The first-order valence-corrected chi connectivity index (χ1v) is 6.25. The number of anilines is 1. The summed E-state index contributed by atoms with van der Waals surface area (Å²) in [7, 11) is 0. The Morgan fingerprint density at radius 2 is 2.12 bits per heavy atom. The maximum Gasteiger partial charge on any atom is 0.239 e. The Balaban J connectivity index is 2.56. The fourth-order valence-electron chi connectivity index (χ4n) is 1.29. The van der Waals surface area contributed by atoms with Gasteiger partial charge < -0.3 is 10.6 Å². The van der Waals surface area contributed by atoms with Crippen LogP contribution in [0.4, 0.5) is 5.82 Å². The SMILES string of the molecule is Cc1ccnc(NCC(=O)NC(C)(C)C)c1Br. The van der Waals surface area contributed by atoms with Crippen molar-refractivity contribution in [3.63, 3.8) is 0 Å². The zero-order chi connectivity index (χ0) is 13.1. The average Bonchev–Trinajstić information content (AvgIpc) is 2.18. The van der Waals surface area contributed by atoms with Gasteiger partial charge >= 0.3 is 0 Å². The topological polar surface area (TPSA) is 54.0 Å². The minimum atomic E-state index is -0.212. The van der Waals surface area contributed by atoms with Crippen LogP contribution in [0.15, 0.2) is 16.7 Å². The van der Waals surface area contributed by atoms with Crippen LogP contribution in [0.1, 0.15) is 26.3 Å². The van der Waals surface area contributed by atoms with Gasteiger partial charge in [0.05, 0.1) is 11.0 Å². The number of halogens is 1. The van der Waals surface area contributed by atoms with Gasteiger partial charge in [0.1, 0.15) is 5.82 Å². The molecule has 0 saturated heterocycles. The van der Waals surface area contributed by atoms with E-state index in [0.29, 0.717) is 5.82 Å². The van der Waals surface area contributed by atoms with Gasteiger partial charge in [-0.25, -0.2) is 4.98 Å². The van der Waals surface area contributed by atoms with E-state index >= 15 is 0 Å². The highest BCUT2D eigenvalue weighted by molar-refractivity contribution is 9.10. The van der Waals surface area contributed by atoms with E-state index in [2.05, 4.69) is 31.5 Å². The smallest absolute Gasteiger partial charge is 0.239 e. The summed E-state index contributed by atoms with van der Waals surface area (Å²) < 4.78 is 0.892. The predicted octanol–water partition coefficient (Wildman–Crippen LogP) is 2.48. The molecular weight excluding hydrogens is 282 g/mol. The van der Waals surface area contributed by atoms with Crippen LogP contribution < -0.4 is 10.6 Å². The molecule has 0 bridgehead atoms. The third kappa shape index (κ3) is 4.73. The van der Waals surface area contributed by atoms with E-state index in [1.165, 1.54) is 0 Å². The van der Waals surface area contributed by atoms with E-state index in [-0.39, 0.29) is 18.0 Å². The first kappa shape index (κ1) is 14.0. The number of rotatable bonds is 3. The monoisotopic (exact) mass is 299 g/mol. The molecule has 1 rings (SSSR count). The maximum atomic E-state index is 11.6. The molecule has 1 amide bonds. The second-order valence-corrected chi connectivity index (χ2v) is 5.74. The number of carbonyl (C=O) groups is 1. The summed E-state index contributed by atoms with van der Waals surface area (Å²) in [6, 6.07) is 1.91. The molecule has 17 heavy (non-hydrogen) atoms. The van der Waals surface area contributed by atoms with Gasteiger partial charge in [-0.15, -0.1) is 0 Å². The number of nitrogens with one attached hydrogen (secondary N) is 2. The quantitative estimate of drug-likeness (QED) is 0.901. The van der Waals surface area contributed by atoms with Crippen molar-refractivity contribution >= 4 is 27.7 Å². The Morgan fingerprint density at radius 3 is 2.71 bits per heavy atom. The molecular formula is C12H18BrN3O. The first-order valence-electron chi connectivity index (χ1n) is 5.45. The largest absolute Gasteiger partial charge is 0.360 e. The van der Waals surface area contributed by atoms with Crippen LogP contribution in [0, 0.1) is 6.92 Å². The van der Waals surface area contributed by atoms with Crippen molar-refractivity contribution in [1.82, 2.24) is 10.3 Å². The van der Waals surface area contributed by atoms with Crippen molar-refractivity contribution in [3.8, 4) is 0 Å². The Labute approximate surface area is 110 Å². The number of carbonyl (C=O) groups excluding carboxylic acids is 1. The molecule has 0 aromatic carbocycles. The van der Waals surface area contributed by atoms with Gasteiger partial charge in [0.25, 0.3) is 0 Å². The van der Waals surface area contributed by atoms with Crippen LogP contribution in [0.2, 0.25) is 0 Å². The first-order chi connectivity index (χ1) is 7.79. The standard InChI is InChI=1S/C12H18BrN3O/c1-8-5-6-14-11(10(8)13)15-7-9(17)16-12(2,3)4/h5-6H,7H2,1-4H3,(H,14,15)(H,16,17). The number of aryl methyl sites for hydroxylation is 1. The summed E-state index contributed by atoms with van der Waals surface area (Å²) in [6.45, 7) is 8.04. The molecule has 0 aliphatic heterocycles. The molecule has 0 unspecified atom stereocenters. The minimum Gasteiger partial charge on any atom is -0.360 e. The van der Waals surface area contributed by atoms with Crippen molar-refractivity contribution in [2.24, 2.45) is 0 Å². The van der Waals surface area contributed by atoms with E-state index in [0.717, 1.165) is 10.0 Å². The number of nitrogens with zero attached hydrogens (tertiary/aromatic N) is 1. The molecule has 5 heteroatoms. The lowest BCUT2D eigenvalue weighted by molar-refractivity contribution is -0.120. The molecule has 0 atom stereocenters. The number of hydrogen-bond donors (Lipinski definition) is 2. The van der Waals surface area contributed by atoms with Crippen molar-refractivity contribution in [1.29, 1.82) is 0 Å². The van der Waals surface area contributed by atoms with Gasteiger partial charge in [-0.1, -0.05) is 0 Å². The van der Waals surface area contributed by atoms with Gasteiger partial charge in [-0.2, -0.15) is 0 Å². The van der Waals surface area contributed by atoms with E-state index in [1.54, 1.807) is 6.20 Å². The molecule has 4 nitrogen and oxygen atoms in total.